The molecule has 1 aromatic heterocycles. The fourth-order valence-corrected chi connectivity index (χ4v) is 2.79. The first-order chi connectivity index (χ1) is 11.9. The number of rotatable bonds is 4. The molecule has 2 heterocycles. The highest BCUT2D eigenvalue weighted by atomic mass is 16.6. The van der Waals surface area contributed by atoms with Crippen LogP contribution < -0.4 is 5.32 Å². The molecular formula is C19H19N3O2. The van der Waals surface area contributed by atoms with Crippen LogP contribution in [0.15, 0.2) is 54.6 Å². The molecule has 0 saturated carbocycles. The number of para-hydroxylation sites is 1. The van der Waals surface area contributed by atoms with Gasteiger partial charge in [-0.1, -0.05) is 42.5 Å². The minimum atomic E-state index is 0.0488. The predicted octanol–water partition coefficient (Wildman–Crippen LogP) is 3.12. The highest BCUT2D eigenvalue weighted by Crippen LogP contribution is 2.24. The lowest BCUT2D eigenvalue weighted by molar-refractivity contribution is -0.0819. The van der Waals surface area contributed by atoms with Crippen LogP contribution in [-0.4, -0.2) is 42.4 Å². The average molecular weight is 321 g/mol. The minimum Gasteiger partial charge on any atom is -0.376 e. The molecule has 3 aromatic rings. The van der Waals surface area contributed by atoms with Crippen molar-refractivity contribution in [2.75, 3.05) is 31.7 Å². The zero-order valence-electron chi connectivity index (χ0n) is 13.3. The number of aromatic nitrogens is 2. The fourth-order valence-electron chi connectivity index (χ4n) is 2.79. The third-order valence-electron chi connectivity index (χ3n) is 4.02. The topological polar surface area (TPSA) is 56.3 Å². The first-order valence-corrected chi connectivity index (χ1v) is 8.15. The van der Waals surface area contributed by atoms with E-state index in [4.69, 9.17) is 19.4 Å². The Kier molecular flexibility index (Phi) is 4.36. The van der Waals surface area contributed by atoms with Gasteiger partial charge in [0.15, 0.2) is 5.82 Å². The normalized spacial score (nSPS) is 17.8. The van der Waals surface area contributed by atoms with Gasteiger partial charge < -0.3 is 14.8 Å². The summed E-state index contributed by atoms with van der Waals surface area (Å²) >= 11 is 0. The van der Waals surface area contributed by atoms with E-state index in [9.17, 15) is 0 Å². The Balaban J connectivity index is 1.67. The van der Waals surface area contributed by atoms with Gasteiger partial charge >= 0.3 is 0 Å². The summed E-state index contributed by atoms with van der Waals surface area (Å²) in [6, 6.07) is 18.1. The van der Waals surface area contributed by atoms with E-state index in [1.165, 1.54) is 0 Å². The standard InChI is InChI=1S/C19H19N3O2/c1-2-6-14(7-3-1)18-21-17-9-5-4-8-16(17)19(22-18)20-12-15-13-23-10-11-24-15/h1-9,15H,10-13H2,(H,20,21,22)/t15-/m0/s1. The number of hydrogen-bond acceptors (Lipinski definition) is 5. The predicted molar refractivity (Wildman–Crippen MR) is 94.0 cm³/mol. The second-order valence-corrected chi connectivity index (χ2v) is 5.73. The quantitative estimate of drug-likeness (QED) is 0.800. The number of nitrogens with one attached hydrogen (secondary N) is 1. The van der Waals surface area contributed by atoms with Crippen molar-refractivity contribution in [2.24, 2.45) is 0 Å². The number of fused-ring (bicyclic) bond motifs is 1. The highest BCUT2D eigenvalue weighted by Gasteiger charge is 2.15. The first kappa shape index (κ1) is 15.1. The molecule has 0 aliphatic carbocycles. The summed E-state index contributed by atoms with van der Waals surface area (Å²) in [6.07, 6.45) is 0.0488. The number of nitrogens with zero attached hydrogens (tertiary/aromatic N) is 2. The highest BCUT2D eigenvalue weighted by molar-refractivity contribution is 5.90. The number of benzene rings is 2. The van der Waals surface area contributed by atoms with Crippen LogP contribution in [0.1, 0.15) is 0 Å². The van der Waals surface area contributed by atoms with Crippen molar-refractivity contribution in [1.29, 1.82) is 0 Å². The number of hydrogen-bond donors (Lipinski definition) is 1. The van der Waals surface area contributed by atoms with E-state index in [2.05, 4.69) is 5.32 Å². The molecule has 5 nitrogen and oxygen atoms in total. The van der Waals surface area contributed by atoms with E-state index in [1.54, 1.807) is 0 Å². The number of ether oxygens (including phenoxy) is 2. The van der Waals surface area contributed by atoms with Crippen LogP contribution in [0.4, 0.5) is 5.82 Å². The molecule has 1 N–H and O–H groups in total. The third-order valence-corrected chi connectivity index (χ3v) is 4.02. The van der Waals surface area contributed by atoms with Gasteiger partial charge in [0.1, 0.15) is 5.82 Å². The lowest BCUT2D eigenvalue weighted by Crippen LogP contribution is -2.34. The molecule has 5 heteroatoms. The van der Waals surface area contributed by atoms with Gasteiger partial charge in [0.25, 0.3) is 0 Å². The molecular weight excluding hydrogens is 302 g/mol. The van der Waals surface area contributed by atoms with Gasteiger partial charge in [-0.05, 0) is 12.1 Å². The summed E-state index contributed by atoms with van der Waals surface area (Å²) in [6.45, 7) is 2.59. The number of anilines is 1. The Bertz CT molecular complexity index is 817. The van der Waals surface area contributed by atoms with Crippen molar-refractivity contribution in [2.45, 2.75) is 6.10 Å². The molecule has 0 radical (unpaired) electrons. The van der Waals surface area contributed by atoms with Gasteiger partial charge in [-0.3, -0.25) is 0 Å². The van der Waals surface area contributed by atoms with Crippen molar-refractivity contribution < 1.29 is 9.47 Å². The second kappa shape index (κ2) is 6.95. The largest absolute Gasteiger partial charge is 0.376 e. The minimum absolute atomic E-state index is 0.0488. The van der Waals surface area contributed by atoms with E-state index in [0.717, 1.165) is 28.1 Å². The summed E-state index contributed by atoms with van der Waals surface area (Å²) in [4.78, 5) is 9.43. The Labute approximate surface area is 140 Å². The zero-order chi connectivity index (χ0) is 16.2. The lowest BCUT2D eigenvalue weighted by Gasteiger charge is -2.23. The SMILES string of the molecule is c1ccc(-c2nc(NC[C@H]3COCCO3)c3ccccc3n2)cc1. The summed E-state index contributed by atoms with van der Waals surface area (Å²) in [7, 11) is 0. The molecule has 0 amide bonds. The van der Waals surface area contributed by atoms with Crippen molar-refractivity contribution >= 4 is 16.7 Å². The maximum Gasteiger partial charge on any atom is 0.162 e. The molecule has 4 rings (SSSR count). The third kappa shape index (κ3) is 3.22. The first-order valence-electron chi connectivity index (χ1n) is 8.15. The van der Waals surface area contributed by atoms with Crippen molar-refractivity contribution in [3.05, 3.63) is 54.6 Å². The average Bonchev–Trinajstić information content (AvgIpc) is 2.67. The molecule has 1 saturated heterocycles. The molecule has 24 heavy (non-hydrogen) atoms. The molecule has 2 aromatic carbocycles. The van der Waals surface area contributed by atoms with Crippen LogP contribution in [0.3, 0.4) is 0 Å². The molecule has 0 spiro atoms. The summed E-state index contributed by atoms with van der Waals surface area (Å²) in [5.74, 6) is 1.55. The van der Waals surface area contributed by atoms with Gasteiger partial charge in [0.2, 0.25) is 0 Å². The van der Waals surface area contributed by atoms with Crippen LogP contribution in [-0.2, 0) is 9.47 Å². The van der Waals surface area contributed by atoms with E-state index in [-0.39, 0.29) is 6.10 Å². The van der Waals surface area contributed by atoms with E-state index in [1.807, 2.05) is 54.6 Å². The monoisotopic (exact) mass is 321 g/mol. The molecule has 1 aliphatic rings. The smallest absolute Gasteiger partial charge is 0.162 e. The zero-order valence-corrected chi connectivity index (χ0v) is 13.3. The van der Waals surface area contributed by atoms with Crippen LogP contribution in [0, 0.1) is 0 Å². The van der Waals surface area contributed by atoms with Crippen molar-refractivity contribution in [3.8, 4) is 11.4 Å². The van der Waals surface area contributed by atoms with Gasteiger partial charge in [0, 0.05) is 17.5 Å². The maximum atomic E-state index is 5.70. The fraction of sp³-hybridized carbons (Fsp3) is 0.263. The van der Waals surface area contributed by atoms with Crippen LogP contribution in [0.2, 0.25) is 0 Å². The Hall–Kier alpha value is -2.50. The summed E-state index contributed by atoms with van der Waals surface area (Å²) in [5.41, 5.74) is 1.93. The van der Waals surface area contributed by atoms with Crippen LogP contribution >= 0.6 is 0 Å². The van der Waals surface area contributed by atoms with Crippen LogP contribution in [0.5, 0.6) is 0 Å². The molecule has 1 fully saturated rings. The van der Waals surface area contributed by atoms with Crippen LogP contribution in [0.25, 0.3) is 22.3 Å². The Morgan fingerprint density at radius 3 is 2.62 bits per heavy atom. The van der Waals surface area contributed by atoms with Gasteiger partial charge in [-0.15, -0.1) is 0 Å². The van der Waals surface area contributed by atoms with Crippen molar-refractivity contribution in [3.63, 3.8) is 0 Å². The van der Waals surface area contributed by atoms with E-state index < -0.39 is 0 Å². The van der Waals surface area contributed by atoms with E-state index >= 15 is 0 Å². The second-order valence-electron chi connectivity index (χ2n) is 5.73. The Morgan fingerprint density at radius 2 is 1.79 bits per heavy atom. The Morgan fingerprint density at radius 1 is 0.958 bits per heavy atom. The molecule has 0 bridgehead atoms. The van der Waals surface area contributed by atoms with Crippen molar-refractivity contribution in [1.82, 2.24) is 9.97 Å². The maximum absolute atomic E-state index is 5.70. The lowest BCUT2D eigenvalue weighted by atomic mass is 10.2. The molecule has 122 valence electrons. The van der Waals surface area contributed by atoms with Gasteiger partial charge in [-0.25, -0.2) is 9.97 Å². The molecule has 1 aliphatic heterocycles. The summed E-state index contributed by atoms with van der Waals surface area (Å²) in [5, 5.41) is 4.42. The molecule has 0 unspecified atom stereocenters. The van der Waals surface area contributed by atoms with Gasteiger partial charge in [0.05, 0.1) is 31.4 Å². The summed E-state index contributed by atoms with van der Waals surface area (Å²) < 4.78 is 11.1. The van der Waals surface area contributed by atoms with Gasteiger partial charge in [-0.2, -0.15) is 0 Å². The molecule has 1 atom stereocenters. The van der Waals surface area contributed by atoms with E-state index in [0.29, 0.717) is 26.4 Å².